The molecule has 1 aromatic carbocycles. The van der Waals surface area contributed by atoms with E-state index < -0.39 is 0 Å². The minimum absolute atomic E-state index is 0.0426. The second kappa shape index (κ2) is 8.19. The topological polar surface area (TPSA) is 58.4 Å². The number of hydrogen-bond donors (Lipinski definition) is 0. The van der Waals surface area contributed by atoms with Crippen molar-refractivity contribution in [2.24, 2.45) is 7.05 Å². The van der Waals surface area contributed by atoms with Crippen LogP contribution < -0.4 is 4.90 Å². The number of carbonyl (C=O) groups is 2. The molecule has 0 spiro atoms. The Balaban J connectivity index is 2.47. The highest BCUT2D eigenvalue weighted by molar-refractivity contribution is 6.30. The first-order valence-electron chi connectivity index (χ1n) is 8.16. The van der Waals surface area contributed by atoms with E-state index >= 15 is 0 Å². The summed E-state index contributed by atoms with van der Waals surface area (Å²) in [7, 11) is 5.16. The number of carbonyl (C=O) groups excluding carboxylic acids is 2. The average molecular weight is 375 g/mol. The minimum atomic E-state index is -0.269. The highest BCUT2D eigenvalue weighted by Gasteiger charge is 2.22. The summed E-state index contributed by atoms with van der Waals surface area (Å²) < 4.78 is 1.57. The maximum Gasteiger partial charge on any atom is 0.250 e. The van der Waals surface area contributed by atoms with E-state index in [0.29, 0.717) is 10.8 Å². The molecule has 0 aliphatic heterocycles. The summed E-state index contributed by atoms with van der Waals surface area (Å²) in [5, 5.41) is 4.77. The Kier molecular flexibility index (Phi) is 6.21. The summed E-state index contributed by atoms with van der Waals surface area (Å²) in [4.78, 5) is 27.8. The molecule has 0 unspecified atom stereocenters. The molecule has 0 fully saturated rings. The van der Waals surface area contributed by atoms with E-state index in [1.54, 1.807) is 30.7 Å². The van der Waals surface area contributed by atoms with Crippen molar-refractivity contribution in [2.75, 3.05) is 19.0 Å². The number of aryl methyl sites for hydroxylation is 2. The normalized spacial score (nSPS) is 10.5. The number of amides is 2. The second-order valence-corrected chi connectivity index (χ2v) is 6.56. The summed E-state index contributed by atoms with van der Waals surface area (Å²) >= 11 is 6.34. The third-order valence-corrected chi connectivity index (χ3v) is 4.62. The Hall–Kier alpha value is -2.60. The summed E-state index contributed by atoms with van der Waals surface area (Å²) in [5.74, 6) is -0.312. The number of para-hydroxylation sites is 1. The fourth-order valence-electron chi connectivity index (χ4n) is 2.65. The van der Waals surface area contributed by atoms with Crippen molar-refractivity contribution in [3.63, 3.8) is 0 Å². The molecule has 138 valence electrons. The van der Waals surface area contributed by atoms with E-state index in [2.05, 4.69) is 11.7 Å². The van der Waals surface area contributed by atoms with Crippen LogP contribution in [0.2, 0.25) is 5.15 Å². The van der Waals surface area contributed by atoms with Crippen LogP contribution in [0.3, 0.4) is 0 Å². The van der Waals surface area contributed by atoms with Gasteiger partial charge in [0.05, 0.1) is 18.7 Å². The molecule has 1 aromatic heterocycles. The maximum atomic E-state index is 12.6. The largest absolute Gasteiger partial charge is 0.349 e. The molecule has 0 saturated carbocycles. The maximum absolute atomic E-state index is 12.6. The van der Waals surface area contributed by atoms with Gasteiger partial charge in [-0.3, -0.25) is 14.3 Å². The smallest absolute Gasteiger partial charge is 0.250 e. The lowest BCUT2D eigenvalue weighted by Gasteiger charge is -2.24. The zero-order valence-electron chi connectivity index (χ0n) is 15.5. The Morgan fingerprint density at radius 1 is 1.31 bits per heavy atom. The number of aromatic nitrogens is 2. The first-order chi connectivity index (χ1) is 12.3. The molecule has 2 amide bonds. The zero-order chi connectivity index (χ0) is 19.4. The van der Waals surface area contributed by atoms with Gasteiger partial charge in [-0.15, -0.1) is 0 Å². The van der Waals surface area contributed by atoms with Gasteiger partial charge in [0.2, 0.25) is 5.91 Å². The number of hydrogen-bond acceptors (Lipinski definition) is 3. The molecule has 2 aromatic rings. The summed E-state index contributed by atoms with van der Waals surface area (Å²) in [6, 6.07) is 7.35. The lowest BCUT2D eigenvalue weighted by Crippen LogP contribution is -2.31. The van der Waals surface area contributed by atoms with Gasteiger partial charge in [0.15, 0.2) is 0 Å². The lowest BCUT2D eigenvalue weighted by atomic mass is 10.1. The monoisotopic (exact) mass is 374 g/mol. The SMILES string of the molecule is C=CC(=O)N(Cc1c(C)nn(C)c1Cl)c1ccccc1CC(=O)N(C)C. The van der Waals surface area contributed by atoms with E-state index in [1.165, 1.54) is 11.0 Å². The Labute approximate surface area is 158 Å². The van der Waals surface area contributed by atoms with Gasteiger partial charge in [-0.1, -0.05) is 36.4 Å². The van der Waals surface area contributed by atoms with Crippen molar-refractivity contribution in [3.05, 3.63) is 58.9 Å². The number of likely N-dealkylation sites (N-methyl/N-ethyl adjacent to an activating group) is 1. The fourth-order valence-corrected chi connectivity index (χ4v) is 2.88. The van der Waals surface area contributed by atoms with Gasteiger partial charge in [-0.25, -0.2) is 0 Å². The first kappa shape index (κ1) is 19.7. The van der Waals surface area contributed by atoms with Crippen molar-refractivity contribution in [1.82, 2.24) is 14.7 Å². The van der Waals surface area contributed by atoms with Gasteiger partial charge in [0.25, 0.3) is 5.91 Å². The lowest BCUT2D eigenvalue weighted by molar-refractivity contribution is -0.128. The minimum Gasteiger partial charge on any atom is -0.349 e. The van der Waals surface area contributed by atoms with E-state index in [4.69, 9.17) is 11.6 Å². The Morgan fingerprint density at radius 3 is 2.50 bits per heavy atom. The highest BCUT2D eigenvalue weighted by atomic mass is 35.5. The van der Waals surface area contributed by atoms with Crippen LogP contribution in [0.25, 0.3) is 0 Å². The average Bonchev–Trinajstić information content (AvgIpc) is 2.85. The molecular weight excluding hydrogens is 352 g/mol. The molecule has 26 heavy (non-hydrogen) atoms. The third kappa shape index (κ3) is 4.14. The first-order valence-corrected chi connectivity index (χ1v) is 8.54. The van der Waals surface area contributed by atoms with E-state index in [-0.39, 0.29) is 24.8 Å². The molecule has 0 saturated heterocycles. The van der Waals surface area contributed by atoms with Crippen molar-refractivity contribution >= 4 is 29.1 Å². The van der Waals surface area contributed by atoms with Crippen LogP contribution in [0.1, 0.15) is 16.8 Å². The number of anilines is 1. The third-order valence-electron chi connectivity index (χ3n) is 4.15. The van der Waals surface area contributed by atoms with E-state index in [9.17, 15) is 9.59 Å². The van der Waals surface area contributed by atoms with Crippen molar-refractivity contribution in [2.45, 2.75) is 19.9 Å². The Bertz CT molecular complexity index is 842. The molecule has 1 heterocycles. The van der Waals surface area contributed by atoms with Gasteiger partial charge < -0.3 is 9.80 Å². The van der Waals surface area contributed by atoms with Crippen LogP contribution in [0.5, 0.6) is 0 Å². The second-order valence-electron chi connectivity index (χ2n) is 6.20. The Morgan fingerprint density at radius 2 is 1.96 bits per heavy atom. The van der Waals surface area contributed by atoms with Crippen LogP contribution in [-0.4, -0.2) is 40.6 Å². The molecule has 0 aliphatic carbocycles. The van der Waals surface area contributed by atoms with Gasteiger partial charge >= 0.3 is 0 Å². The van der Waals surface area contributed by atoms with Gasteiger partial charge in [-0.05, 0) is 24.6 Å². The molecule has 0 bridgehead atoms. The predicted octanol–water partition coefficient (Wildman–Crippen LogP) is 2.73. The summed E-state index contributed by atoms with van der Waals surface area (Å²) in [6.45, 7) is 5.69. The highest BCUT2D eigenvalue weighted by Crippen LogP contribution is 2.27. The standard InChI is InChI=1S/C19H23ClN4O2/c1-6-17(25)24(12-15-13(2)21-23(5)19(15)20)16-10-8-7-9-14(16)11-18(26)22(3)4/h6-10H,1,11-12H2,2-5H3. The molecule has 0 aliphatic rings. The molecule has 2 rings (SSSR count). The van der Waals surface area contributed by atoms with Crippen LogP contribution in [0.15, 0.2) is 36.9 Å². The fraction of sp³-hybridized carbons (Fsp3) is 0.316. The van der Waals surface area contributed by atoms with Crippen LogP contribution in [-0.2, 0) is 29.6 Å². The molecule has 0 radical (unpaired) electrons. The van der Waals surface area contributed by atoms with E-state index in [0.717, 1.165) is 16.8 Å². The number of halogens is 1. The zero-order valence-corrected chi connectivity index (χ0v) is 16.2. The van der Waals surface area contributed by atoms with Crippen molar-refractivity contribution < 1.29 is 9.59 Å². The molecule has 0 N–H and O–H groups in total. The molecule has 6 nitrogen and oxygen atoms in total. The number of nitrogens with zero attached hydrogens (tertiary/aromatic N) is 4. The van der Waals surface area contributed by atoms with Crippen LogP contribution >= 0.6 is 11.6 Å². The van der Waals surface area contributed by atoms with Crippen molar-refractivity contribution in [1.29, 1.82) is 0 Å². The quantitative estimate of drug-likeness (QED) is 0.730. The van der Waals surface area contributed by atoms with Crippen molar-refractivity contribution in [3.8, 4) is 0 Å². The molecular formula is C19H23ClN4O2. The summed E-state index contributed by atoms with van der Waals surface area (Å²) in [5.41, 5.74) is 2.94. The van der Waals surface area contributed by atoms with Gasteiger partial charge in [-0.2, -0.15) is 5.10 Å². The van der Waals surface area contributed by atoms with Gasteiger partial charge in [0.1, 0.15) is 5.15 Å². The van der Waals surface area contributed by atoms with Crippen LogP contribution in [0.4, 0.5) is 5.69 Å². The number of benzene rings is 1. The number of rotatable bonds is 6. The predicted molar refractivity (Wildman–Crippen MR) is 103 cm³/mol. The summed E-state index contributed by atoms with van der Waals surface area (Å²) in [6.07, 6.45) is 1.45. The van der Waals surface area contributed by atoms with Crippen LogP contribution in [0, 0.1) is 6.92 Å². The van der Waals surface area contributed by atoms with Gasteiger partial charge in [0, 0.05) is 32.4 Å². The van der Waals surface area contributed by atoms with E-state index in [1.807, 2.05) is 31.2 Å². The molecule has 0 atom stereocenters. The molecule has 7 heteroatoms.